The fraction of sp³-hybridized carbons (Fsp3) is 0.778. The third-order valence-corrected chi connectivity index (χ3v) is 9.59. The van der Waals surface area contributed by atoms with E-state index in [0.717, 1.165) is 45.0 Å². The number of carbonyl (C=O) groups excluding carboxylic acids is 1. The molecule has 1 aliphatic carbocycles. The molecule has 5 atom stereocenters. The Morgan fingerprint density at radius 1 is 1.27 bits per heavy atom. The van der Waals surface area contributed by atoms with Gasteiger partial charge in [-0.05, 0) is 55.1 Å². The fourth-order valence-corrected chi connectivity index (χ4v) is 7.55. The Balaban J connectivity index is 1.22. The molecular formula is C27H36F3N3O4. The number of hydrogen-bond donors (Lipinski definition) is 0. The topological polar surface area (TPSA) is 64.1 Å². The van der Waals surface area contributed by atoms with Crippen LogP contribution in [-0.4, -0.2) is 86.0 Å². The Bertz CT molecular complexity index is 1020. The zero-order valence-corrected chi connectivity index (χ0v) is 21.3. The van der Waals surface area contributed by atoms with Gasteiger partial charge in [0.2, 0.25) is 5.91 Å². The average Bonchev–Trinajstić information content (AvgIpc) is 3.36. The number of alkyl halides is 3. The third kappa shape index (κ3) is 4.68. The number of rotatable bonds is 5. The number of methoxy groups -OCH3 is 1. The van der Waals surface area contributed by atoms with Crippen molar-refractivity contribution in [1.29, 1.82) is 0 Å². The standard InChI is InChI=1S/C27H36F3N3O4/c1-35-24-15-36-5-3-18(24)6-17-7-21-12-33(22-13-37-14-22)16-26(21,9-17)25(34)32-4-2-23-19(11-32)8-20(10-31-23)27(28,29)30/h8,10,17-18,21-22,24H,2-7,9,11-16H2,1H3/t17-,18?,21+,24?,26+/m1/s1. The Hall–Kier alpha value is -1.75. The van der Waals surface area contributed by atoms with Crippen LogP contribution in [0, 0.1) is 23.2 Å². The lowest BCUT2D eigenvalue weighted by atomic mass is 9.78. The molecule has 204 valence electrons. The molecule has 0 radical (unpaired) electrons. The summed E-state index contributed by atoms with van der Waals surface area (Å²) in [7, 11) is 1.74. The predicted molar refractivity (Wildman–Crippen MR) is 128 cm³/mol. The molecule has 2 unspecified atom stereocenters. The number of carbonyl (C=O) groups is 1. The van der Waals surface area contributed by atoms with Crippen molar-refractivity contribution in [2.45, 2.75) is 57.0 Å². The first-order valence-corrected chi connectivity index (χ1v) is 13.5. The van der Waals surface area contributed by atoms with Gasteiger partial charge in [-0.25, -0.2) is 0 Å². The van der Waals surface area contributed by atoms with Crippen molar-refractivity contribution in [3.63, 3.8) is 0 Å². The number of pyridine rings is 1. The van der Waals surface area contributed by atoms with Gasteiger partial charge < -0.3 is 19.1 Å². The molecule has 0 bridgehead atoms. The maximum absolute atomic E-state index is 14.3. The number of ether oxygens (including phenoxy) is 3. The van der Waals surface area contributed by atoms with Gasteiger partial charge in [0.05, 0.1) is 42.9 Å². The quantitative estimate of drug-likeness (QED) is 0.591. The van der Waals surface area contributed by atoms with E-state index in [1.165, 1.54) is 6.07 Å². The summed E-state index contributed by atoms with van der Waals surface area (Å²) in [6.45, 7) is 5.10. The van der Waals surface area contributed by atoms with Crippen LogP contribution in [0.3, 0.4) is 0 Å². The van der Waals surface area contributed by atoms with Gasteiger partial charge in [-0.1, -0.05) is 0 Å². The van der Waals surface area contributed by atoms with Gasteiger partial charge in [-0.3, -0.25) is 14.7 Å². The number of fused-ring (bicyclic) bond motifs is 2. The summed E-state index contributed by atoms with van der Waals surface area (Å²) in [4.78, 5) is 22.6. The van der Waals surface area contributed by atoms with Gasteiger partial charge >= 0.3 is 6.18 Å². The number of amides is 1. The Labute approximate surface area is 215 Å². The van der Waals surface area contributed by atoms with Crippen LogP contribution in [-0.2, 0) is 38.1 Å². The van der Waals surface area contributed by atoms with Crippen molar-refractivity contribution < 1.29 is 32.2 Å². The minimum atomic E-state index is -4.45. The summed E-state index contributed by atoms with van der Waals surface area (Å²) in [5.74, 6) is 1.23. The zero-order chi connectivity index (χ0) is 25.8. The second-order valence-electron chi connectivity index (χ2n) is 11.7. The summed E-state index contributed by atoms with van der Waals surface area (Å²) >= 11 is 0. The van der Waals surface area contributed by atoms with E-state index in [1.54, 1.807) is 7.11 Å². The van der Waals surface area contributed by atoms with Crippen molar-refractivity contribution in [3.8, 4) is 0 Å². The SMILES string of the molecule is COC1COCCC1C[C@@H]1C[C@H]2CN(C3COC3)C[C@@]2(C(=O)N2CCc3ncc(C(F)(F)F)cc3C2)C1. The molecule has 5 heterocycles. The molecule has 1 aromatic heterocycles. The molecule has 5 aliphatic rings. The molecule has 1 aromatic rings. The van der Waals surface area contributed by atoms with Crippen LogP contribution in [0.2, 0.25) is 0 Å². The number of likely N-dealkylation sites (tertiary alicyclic amines) is 1. The summed E-state index contributed by atoms with van der Waals surface area (Å²) in [5.41, 5.74) is -0.0520. The van der Waals surface area contributed by atoms with Crippen LogP contribution in [0.4, 0.5) is 13.2 Å². The van der Waals surface area contributed by atoms with Gasteiger partial charge in [0.15, 0.2) is 0 Å². The molecule has 37 heavy (non-hydrogen) atoms. The smallest absolute Gasteiger partial charge is 0.379 e. The highest BCUT2D eigenvalue weighted by Crippen LogP contribution is 2.55. The molecule has 10 heteroatoms. The Kier molecular flexibility index (Phi) is 6.74. The molecular weight excluding hydrogens is 487 g/mol. The summed E-state index contributed by atoms with van der Waals surface area (Å²) in [6, 6.07) is 1.54. The molecule has 0 aromatic carbocycles. The van der Waals surface area contributed by atoms with Crippen molar-refractivity contribution in [2.75, 3.05) is 53.2 Å². The lowest BCUT2D eigenvalue weighted by Gasteiger charge is -2.39. The van der Waals surface area contributed by atoms with Gasteiger partial charge in [0.1, 0.15) is 0 Å². The Morgan fingerprint density at radius 2 is 2.11 bits per heavy atom. The third-order valence-electron chi connectivity index (χ3n) is 9.59. The molecule has 4 fully saturated rings. The van der Waals surface area contributed by atoms with Crippen molar-refractivity contribution in [2.24, 2.45) is 23.2 Å². The van der Waals surface area contributed by atoms with E-state index in [9.17, 15) is 18.0 Å². The maximum atomic E-state index is 14.3. The number of halogens is 3. The normalized spacial score (nSPS) is 34.8. The molecule has 4 aliphatic heterocycles. The number of aromatic nitrogens is 1. The van der Waals surface area contributed by atoms with Gasteiger partial charge in [0, 0.05) is 58.2 Å². The monoisotopic (exact) mass is 523 g/mol. The van der Waals surface area contributed by atoms with Crippen LogP contribution < -0.4 is 0 Å². The van der Waals surface area contributed by atoms with Crippen LogP contribution in [0.25, 0.3) is 0 Å². The van der Waals surface area contributed by atoms with Crippen molar-refractivity contribution in [3.05, 3.63) is 29.1 Å². The van der Waals surface area contributed by atoms with E-state index in [4.69, 9.17) is 14.2 Å². The highest BCUT2D eigenvalue weighted by Gasteiger charge is 2.60. The molecule has 1 saturated carbocycles. The molecule has 7 nitrogen and oxygen atoms in total. The molecule has 1 amide bonds. The lowest BCUT2D eigenvalue weighted by Crippen LogP contribution is -2.52. The highest BCUT2D eigenvalue weighted by atomic mass is 19.4. The second kappa shape index (κ2) is 9.77. The van der Waals surface area contributed by atoms with Gasteiger partial charge in [-0.15, -0.1) is 0 Å². The average molecular weight is 524 g/mol. The number of nitrogens with zero attached hydrogens (tertiary/aromatic N) is 3. The predicted octanol–water partition coefficient (Wildman–Crippen LogP) is 3.15. The number of hydrogen-bond acceptors (Lipinski definition) is 6. The van der Waals surface area contributed by atoms with E-state index < -0.39 is 17.2 Å². The maximum Gasteiger partial charge on any atom is 0.417 e. The first kappa shape index (κ1) is 25.5. The van der Waals surface area contributed by atoms with Gasteiger partial charge in [0.25, 0.3) is 0 Å². The lowest BCUT2D eigenvalue weighted by molar-refractivity contribution is -0.144. The molecule has 0 spiro atoms. The molecule has 0 N–H and O–H groups in total. The zero-order valence-electron chi connectivity index (χ0n) is 21.3. The minimum absolute atomic E-state index is 0.0957. The summed E-state index contributed by atoms with van der Waals surface area (Å²) < 4.78 is 56.7. The van der Waals surface area contributed by atoms with Crippen molar-refractivity contribution in [1.82, 2.24) is 14.8 Å². The van der Waals surface area contributed by atoms with E-state index in [-0.39, 0.29) is 24.5 Å². The van der Waals surface area contributed by atoms with Crippen LogP contribution in [0.15, 0.2) is 12.3 Å². The van der Waals surface area contributed by atoms with E-state index >= 15 is 0 Å². The molecule has 6 rings (SSSR count). The first-order chi connectivity index (χ1) is 17.8. The van der Waals surface area contributed by atoms with Crippen LogP contribution in [0.5, 0.6) is 0 Å². The van der Waals surface area contributed by atoms with Gasteiger partial charge in [-0.2, -0.15) is 13.2 Å². The van der Waals surface area contributed by atoms with E-state index in [0.29, 0.717) is 68.5 Å². The highest BCUT2D eigenvalue weighted by molar-refractivity contribution is 5.84. The first-order valence-electron chi connectivity index (χ1n) is 13.5. The summed E-state index contributed by atoms with van der Waals surface area (Å²) in [6.07, 6.45) is 0.890. The fourth-order valence-electron chi connectivity index (χ4n) is 7.55. The van der Waals surface area contributed by atoms with Crippen LogP contribution >= 0.6 is 0 Å². The summed E-state index contributed by atoms with van der Waals surface area (Å²) in [5, 5.41) is 0. The van der Waals surface area contributed by atoms with Crippen molar-refractivity contribution >= 4 is 5.91 Å². The minimum Gasteiger partial charge on any atom is -0.379 e. The Morgan fingerprint density at radius 3 is 2.84 bits per heavy atom. The second-order valence-corrected chi connectivity index (χ2v) is 11.7. The van der Waals surface area contributed by atoms with Crippen LogP contribution in [0.1, 0.15) is 42.5 Å². The van der Waals surface area contributed by atoms with E-state index in [1.807, 2.05) is 4.90 Å². The largest absolute Gasteiger partial charge is 0.417 e. The van der Waals surface area contributed by atoms with E-state index in [2.05, 4.69) is 9.88 Å². The molecule has 3 saturated heterocycles.